The number of carbonyl (C=O) groups is 2. The molecule has 3 aromatic rings. The van der Waals surface area contributed by atoms with E-state index in [4.69, 9.17) is 16.3 Å². The maximum absolute atomic E-state index is 13.0. The maximum atomic E-state index is 13.0. The summed E-state index contributed by atoms with van der Waals surface area (Å²) in [6, 6.07) is 9.41. The van der Waals surface area contributed by atoms with Gasteiger partial charge in [0.15, 0.2) is 0 Å². The van der Waals surface area contributed by atoms with Gasteiger partial charge in [0.05, 0.1) is 28.3 Å². The highest BCUT2D eigenvalue weighted by molar-refractivity contribution is 7.07. The number of rotatable bonds is 7. The Morgan fingerprint density at radius 1 is 1.19 bits per heavy atom. The normalized spacial score (nSPS) is 11.2. The highest BCUT2D eigenvalue weighted by atomic mass is 35.5. The number of benzene rings is 2. The van der Waals surface area contributed by atoms with Crippen molar-refractivity contribution in [3.63, 3.8) is 0 Å². The molecule has 11 heteroatoms. The van der Waals surface area contributed by atoms with Gasteiger partial charge in [-0.15, -0.1) is 11.3 Å². The van der Waals surface area contributed by atoms with Gasteiger partial charge in [0, 0.05) is 23.7 Å². The predicted octanol–water partition coefficient (Wildman–Crippen LogP) is 5.11. The Kier molecular flexibility index (Phi) is 7.37. The Morgan fingerprint density at radius 3 is 2.53 bits per heavy atom. The summed E-state index contributed by atoms with van der Waals surface area (Å²) in [4.78, 5) is 30.0. The standard InChI is InChI=1S/C21H17ClF3N3O3S/c1-28(9-19(29)27-14-4-7-18(22)17(8-14)21(23,24)25)20(30)13-2-5-16(6-3-13)31-10-15-11-32-12-26-15/h2-8,11-12H,9-10H2,1H3,(H,27,29). The number of hydrogen-bond donors (Lipinski definition) is 1. The van der Waals surface area contributed by atoms with Gasteiger partial charge in [-0.25, -0.2) is 4.98 Å². The second kappa shape index (κ2) is 10.0. The molecule has 2 amide bonds. The van der Waals surface area contributed by atoms with Gasteiger partial charge in [0.1, 0.15) is 12.4 Å². The number of thiazole rings is 1. The molecule has 1 N–H and O–H groups in total. The number of likely N-dealkylation sites (N-methyl/N-ethyl adjacent to an activating group) is 1. The van der Waals surface area contributed by atoms with Crippen LogP contribution < -0.4 is 10.1 Å². The van der Waals surface area contributed by atoms with Crippen molar-refractivity contribution in [1.82, 2.24) is 9.88 Å². The fourth-order valence-electron chi connectivity index (χ4n) is 2.69. The van der Waals surface area contributed by atoms with Crippen molar-refractivity contribution >= 4 is 40.4 Å². The smallest absolute Gasteiger partial charge is 0.417 e. The third kappa shape index (κ3) is 6.21. The summed E-state index contributed by atoms with van der Waals surface area (Å²) in [6.45, 7) is -0.0531. The van der Waals surface area contributed by atoms with Gasteiger partial charge >= 0.3 is 6.18 Å². The minimum absolute atomic E-state index is 0.0748. The van der Waals surface area contributed by atoms with E-state index in [1.54, 1.807) is 29.8 Å². The molecule has 0 atom stereocenters. The third-order valence-corrected chi connectivity index (χ3v) is 5.22. The molecule has 0 saturated heterocycles. The Hall–Kier alpha value is -3.11. The van der Waals surface area contributed by atoms with E-state index in [-0.39, 0.29) is 12.2 Å². The zero-order valence-corrected chi connectivity index (χ0v) is 18.2. The first-order valence-corrected chi connectivity index (χ1v) is 10.5. The van der Waals surface area contributed by atoms with Gasteiger partial charge in [0.25, 0.3) is 5.91 Å². The summed E-state index contributed by atoms with van der Waals surface area (Å²) >= 11 is 7.03. The van der Waals surface area contributed by atoms with E-state index < -0.39 is 28.6 Å². The van der Waals surface area contributed by atoms with Crippen molar-refractivity contribution in [1.29, 1.82) is 0 Å². The van der Waals surface area contributed by atoms with E-state index in [1.807, 2.05) is 5.38 Å². The van der Waals surface area contributed by atoms with Crippen LogP contribution in [0.2, 0.25) is 5.02 Å². The van der Waals surface area contributed by atoms with E-state index in [9.17, 15) is 22.8 Å². The Labute approximate surface area is 190 Å². The van der Waals surface area contributed by atoms with Gasteiger partial charge in [-0.2, -0.15) is 13.2 Å². The molecule has 0 aliphatic carbocycles. The number of halogens is 4. The van der Waals surface area contributed by atoms with Crippen molar-refractivity contribution < 1.29 is 27.5 Å². The summed E-state index contributed by atoms with van der Waals surface area (Å²) in [5.41, 5.74) is 1.69. The van der Waals surface area contributed by atoms with Crippen LogP contribution in [0.4, 0.5) is 18.9 Å². The molecule has 168 valence electrons. The molecule has 32 heavy (non-hydrogen) atoms. The molecule has 0 fully saturated rings. The third-order valence-electron chi connectivity index (χ3n) is 4.25. The number of nitrogens with zero attached hydrogens (tertiary/aromatic N) is 2. The topological polar surface area (TPSA) is 71.5 Å². The van der Waals surface area contributed by atoms with E-state index in [0.717, 1.165) is 22.7 Å². The summed E-state index contributed by atoms with van der Waals surface area (Å²) < 4.78 is 44.5. The zero-order chi connectivity index (χ0) is 23.3. The van der Waals surface area contributed by atoms with Crippen LogP contribution in [0, 0.1) is 0 Å². The zero-order valence-electron chi connectivity index (χ0n) is 16.6. The number of amides is 2. The lowest BCUT2D eigenvalue weighted by molar-refractivity contribution is -0.137. The first-order chi connectivity index (χ1) is 15.1. The monoisotopic (exact) mass is 483 g/mol. The van der Waals surface area contributed by atoms with Gasteiger partial charge in [0.2, 0.25) is 5.91 Å². The Bertz CT molecular complexity index is 1090. The molecule has 0 bridgehead atoms. The van der Waals surface area contributed by atoms with Gasteiger partial charge in [-0.3, -0.25) is 9.59 Å². The van der Waals surface area contributed by atoms with Crippen LogP contribution in [0.5, 0.6) is 5.75 Å². The quantitative estimate of drug-likeness (QED) is 0.507. The lowest BCUT2D eigenvalue weighted by Gasteiger charge is -2.18. The van der Waals surface area contributed by atoms with E-state index in [1.165, 1.54) is 24.5 Å². The molecule has 0 aliphatic heterocycles. The van der Waals surface area contributed by atoms with Crippen LogP contribution in [0.25, 0.3) is 0 Å². The number of ether oxygens (including phenoxy) is 1. The molecule has 1 aromatic heterocycles. The average Bonchev–Trinajstić information content (AvgIpc) is 3.26. The first kappa shape index (κ1) is 23.6. The molecule has 1 heterocycles. The average molecular weight is 484 g/mol. The number of hydrogen-bond acceptors (Lipinski definition) is 5. The molecule has 0 radical (unpaired) electrons. The van der Waals surface area contributed by atoms with E-state index in [0.29, 0.717) is 17.9 Å². The van der Waals surface area contributed by atoms with Crippen molar-refractivity contribution in [2.45, 2.75) is 12.8 Å². The molecule has 6 nitrogen and oxygen atoms in total. The predicted molar refractivity (Wildman–Crippen MR) is 115 cm³/mol. The number of carbonyl (C=O) groups excluding carboxylic acids is 2. The molecular formula is C21H17ClF3N3O3S. The van der Waals surface area contributed by atoms with Crippen molar-refractivity contribution in [2.75, 3.05) is 18.9 Å². The molecule has 0 spiro atoms. The lowest BCUT2D eigenvalue weighted by atomic mass is 10.2. The molecule has 0 aliphatic rings. The highest BCUT2D eigenvalue weighted by Gasteiger charge is 2.33. The van der Waals surface area contributed by atoms with Crippen LogP contribution in [-0.2, 0) is 17.6 Å². The minimum Gasteiger partial charge on any atom is -0.487 e. The number of anilines is 1. The molecular weight excluding hydrogens is 467 g/mol. The molecule has 2 aromatic carbocycles. The van der Waals surface area contributed by atoms with Gasteiger partial charge in [-0.1, -0.05) is 11.6 Å². The fraction of sp³-hybridized carbons (Fsp3) is 0.190. The summed E-state index contributed by atoms with van der Waals surface area (Å²) in [7, 11) is 1.41. The minimum atomic E-state index is -4.65. The van der Waals surface area contributed by atoms with Crippen LogP contribution in [0.3, 0.4) is 0 Å². The van der Waals surface area contributed by atoms with Crippen molar-refractivity contribution in [3.05, 3.63) is 75.2 Å². The number of nitrogens with one attached hydrogen (secondary N) is 1. The number of aromatic nitrogens is 1. The Morgan fingerprint density at radius 2 is 1.91 bits per heavy atom. The van der Waals surface area contributed by atoms with Crippen molar-refractivity contribution in [2.24, 2.45) is 0 Å². The summed E-state index contributed by atoms with van der Waals surface area (Å²) in [5.74, 6) is -0.532. The second-order valence-electron chi connectivity index (χ2n) is 6.69. The van der Waals surface area contributed by atoms with E-state index >= 15 is 0 Å². The molecule has 0 unspecified atom stereocenters. The SMILES string of the molecule is CN(CC(=O)Nc1ccc(Cl)c(C(F)(F)F)c1)C(=O)c1ccc(OCc2cscn2)cc1. The maximum Gasteiger partial charge on any atom is 0.417 e. The highest BCUT2D eigenvalue weighted by Crippen LogP contribution is 2.36. The molecule has 0 saturated carbocycles. The van der Waals surface area contributed by atoms with Crippen molar-refractivity contribution in [3.8, 4) is 5.75 Å². The Balaban J connectivity index is 1.56. The van der Waals surface area contributed by atoms with Crippen LogP contribution in [0.1, 0.15) is 21.6 Å². The summed E-state index contributed by atoms with van der Waals surface area (Å²) in [5, 5.41) is 3.74. The summed E-state index contributed by atoms with van der Waals surface area (Å²) in [6.07, 6.45) is -4.65. The fourth-order valence-corrected chi connectivity index (χ4v) is 3.46. The second-order valence-corrected chi connectivity index (χ2v) is 7.82. The molecule has 3 rings (SSSR count). The first-order valence-electron chi connectivity index (χ1n) is 9.15. The van der Waals surface area contributed by atoms with Crippen LogP contribution in [0.15, 0.2) is 53.4 Å². The van der Waals surface area contributed by atoms with Crippen LogP contribution in [-0.4, -0.2) is 35.3 Å². The largest absolute Gasteiger partial charge is 0.487 e. The van der Waals surface area contributed by atoms with Crippen LogP contribution >= 0.6 is 22.9 Å². The van der Waals surface area contributed by atoms with Gasteiger partial charge < -0.3 is 15.0 Å². The van der Waals surface area contributed by atoms with Gasteiger partial charge in [-0.05, 0) is 42.5 Å². The number of alkyl halides is 3. The lowest BCUT2D eigenvalue weighted by Crippen LogP contribution is -2.34. The van der Waals surface area contributed by atoms with E-state index in [2.05, 4.69) is 10.3 Å².